The van der Waals surface area contributed by atoms with Gasteiger partial charge < -0.3 is 20.1 Å². The van der Waals surface area contributed by atoms with Gasteiger partial charge in [-0.25, -0.2) is 0 Å². The Morgan fingerprint density at radius 1 is 1.45 bits per heavy atom. The van der Waals surface area contributed by atoms with Gasteiger partial charge in [-0.1, -0.05) is 0 Å². The van der Waals surface area contributed by atoms with E-state index in [1.54, 1.807) is 4.90 Å². The summed E-state index contributed by atoms with van der Waals surface area (Å²) in [5, 5.41) is 0. The molecule has 6 nitrogen and oxygen atoms in total. The first-order valence-corrected chi connectivity index (χ1v) is 6.85. The van der Waals surface area contributed by atoms with Crippen LogP contribution in [0, 0.1) is 6.92 Å². The average Bonchev–Trinajstić information content (AvgIpc) is 2.47. The quantitative estimate of drug-likeness (QED) is 0.829. The fourth-order valence-corrected chi connectivity index (χ4v) is 2.09. The van der Waals surface area contributed by atoms with Crippen LogP contribution in [0.15, 0.2) is 12.1 Å². The lowest BCUT2D eigenvalue weighted by atomic mass is 10.2. The molecule has 0 bridgehead atoms. The fraction of sp³-hybridized carbons (Fsp3) is 0.571. The van der Waals surface area contributed by atoms with Gasteiger partial charge in [-0.05, 0) is 25.6 Å². The number of aryl methyl sites for hydroxylation is 1. The summed E-state index contributed by atoms with van der Waals surface area (Å²) < 4.78 is 10.8. The van der Waals surface area contributed by atoms with Crippen molar-refractivity contribution in [1.82, 2.24) is 9.88 Å². The molecule has 0 radical (unpaired) electrons. The minimum absolute atomic E-state index is 0.0208. The molecule has 1 saturated heterocycles. The zero-order chi connectivity index (χ0) is 14.4. The van der Waals surface area contributed by atoms with Crippen molar-refractivity contribution in [2.45, 2.75) is 13.3 Å². The molecule has 2 N–H and O–H groups in total. The minimum atomic E-state index is -0.0208. The number of amides is 1. The van der Waals surface area contributed by atoms with E-state index in [4.69, 9.17) is 15.2 Å². The van der Waals surface area contributed by atoms with E-state index in [9.17, 15) is 4.79 Å². The molecule has 1 amide bonds. The molecule has 0 spiro atoms. The van der Waals surface area contributed by atoms with E-state index in [0.29, 0.717) is 45.0 Å². The summed E-state index contributed by atoms with van der Waals surface area (Å²) in [5.74, 6) is 0.621. The van der Waals surface area contributed by atoms with Crippen molar-refractivity contribution in [3.63, 3.8) is 0 Å². The number of nitrogens with two attached hydrogens (primary N) is 1. The predicted octanol–water partition coefficient (Wildman–Crippen LogP) is 0.129. The van der Waals surface area contributed by atoms with E-state index < -0.39 is 0 Å². The van der Waals surface area contributed by atoms with Crippen molar-refractivity contribution >= 4 is 5.91 Å². The van der Waals surface area contributed by atoms with Crippen molar-refractivity contribution in [2.24, 2.45) is 5.73 Å². The Labute approximate surface area is 118 Å². The van der Waals surface area contributed by atoms with Crippen LogP contribution in [0.2, 0.25) is 0 Å². The van der Waals surface area contributed by atoms with E-state index in [-0.39, 0.29) is 12.5 Å². The number of carbonyl (C=O) groups is 1. The SMILES string of the molecule is Cc1ccc(OCC(=O)N2CCOCC2)c(CCN)n1. The van der Waals surface area contributed by atoms with E-state index >= 15 is 0 Å². The number of morpholine rings is 1. The molecule has 2 heterocycles. The maximum Gasteiger partial charge on any atom is 0.260 e. The molecular weight excluding hydrogens is 258 g/mol. The highest BCUT2D eigenvalue weighted by Crippen LogP contribution is 2.17. The predicted molar refractivity (Wildman–Crippen MR) is 74.6 cm³/mol. The Balaban J connectivity index is 1.94. The van der Waals surface area contributed by atoms with E-state index in [2.05, 4.69) is 4.98 Å². The van der Waals surface area contributed by atoms with Crippen LogP contribution in [0.4, 0.5) is 0 Å². The molecule has 0 saturated carbocycles. The number of carbonyl (C=O) groups excluding carboxylic acids is 1. The number of hydrogen-bond donors (Lipinski definition) is 1. The fourth-order valence-electron chi connectivity index (χ4n) is 2.09. The Hall–Kier alpha value is -1.66. The molecule has 0 unspecified atom stereocenters. The molecule has 1 aliphatic heterocycles. The van der Waals surface area contributed by atoms with Crippen LogP contribution in [-0.2, 0) is 16.0 Å². The summed E-state index contributed by atoms with van der Waals surface area (Å²) >= 11 is 0. The Morgan fingerprint density at radius 3 is 2.90 bits per heavy atom. The first-order valence-electron chi connectivity index (χ1n) is 6.85. The van der Waals surface area contributed by atoms with E-state index in [1.807, 2.05) is 19.1 Å². The smallest absolute Gasteiger partial charge is 0.260 e. The molecule has 0 atom stereocenters. The number of ether oxygens (including phenoxy) is 2. The summed E-state index contributed by atoms with van der Waals surface area (Å²) in [5.41, 5.74) is 7.29. The molecule has 20 heavy (non-hydrogen) atoms. The lowest BCUT2D eigenvalue weighted by Crippen LogP contribution is -2.43. The highest BCUT2D eigenvalue weighted by Gasteiger charge is 2.17. The van der Waals surface area contributed by atoms with Gasteiger partial charge in [-0.15, -0.1) is 0 Å². The van der Waals surface area contributed by atoms with Crippen LogP contribution in [0.3, 0.4) is 0 Å². The Bertz CT molecular complexity index is 459. The minimum Gasteiger partial charge on any atom is -0.482 e. The summed E-state index contributed by atoms with van der Waals surface area (Å²) in [6.07, 6.45) is 0.642. The van der Waals surface area contributed by atoms with Crippen molar-refractivity contribution in [2.75, 3.05) is 39.5 Å². The van der Waals surface area contributed by atoms with Crippen LogP contribution in [-0.4, -0.2) is 55.2 Å². The van der Waals surface area contributed by atoms with Gasteiger partial charge in [0.1, 0.15) is 5.75 Å². The van der Waals surface area contributed by atoms with Crippen molar-refractivity contribution in [3.8, 4) is 5.75 Å². The molecule has 0 aromatic carbocycles. The number of pyridine rings is 1. The van der Waals surface area contributed by atoms with Gasteiger partial charge in [-0.2, -0.15) is 0 Å². The summed E-state index contributed by atoms with van der Waals surface area (Å²) in [7, 11) is 0. The average molecular weight is 279 g/mol. The summed E-state index contributed by atoms with van der Waals surface area (Å²) in [6.45, 7) is 4.90. The maximum absolute atomic E-state index is 12.0. The molecule has 0 aliphatic carbocycles. The maximum atomic E-state index is 12.0. The monoisotopic (exact) mass is 279 g/mol. The molecule has 1 aromatic rings. The number of hydrogen-bond acceptors (Lipinski definition) is 5. The van der Waals surface area contributed by atoms with Gasteiger partial charge in [0.05, 0.1) is 18.9 Å². The van der Waals surface area contributed by atoms with Gasteiger partial charge in [-0.3, -0.25) is 9.78 Å². The van der Waals surface area contributed by atoms with Crippen LogP contribution in [0.5, 0.6) is 5.75 Å². The molecular formula is C14H21N3O3. The number of aromatic nitrogens is 1. The highest BCUT2D eigenvalue weighted by molar-refractivity contribution is 5.77. The van der Waals surface area contributed by atoms with Gasteiger partial charge in [0, 0.05) is 25.2 Å². The number of rotatable bonds is 5. The highest BCUT2D eigenvalue weighted by atomic mass is 16.5. The van der Waals surface area contributed by atoms with Gasteiger partial charge >= 0.3 is 0 Å². The molecule has 1 aliphatic rings. The summed E-state index contributed by atoms with van der Waals surface area (Å²) in [4.78, 5) is 18.2. The lowest BCUT2D eigenvalue weighted by molar-refractivity contribution is -0.137. The first-order chi connectivity index (χ1) is 9.70. The topological polar surface area (TPSA) is 77.7 Å². The van der Waals surface area contributed by atoms with Crippen molar-refractivity contribution < 1.29 is 14.3 Å². The molecule has 110 valence electrons. The second-order valence-corrected chi connectivity index (χ2v) is 4.72. The van der Waals surface area contributed by atoms with E-state index in [0.717, 1.165) is 11.4 Å². The second kappa shape index (κ2) is 7.21. The Morgan fingerprint density at radius 2 is 2.20 bits per heavy atom. The third kappa shape index (κ3) is 3.91. The zero-order valence-corrected chi connectivity index (χ0v) is 11.8. The van der Waals surface area contributed by atoms with Gasteiger partial charge in [0.25, 0.3) is 5.91 Å². The van der Waals surface area contributed by atoms with E-state index in [1.165, 1.54) is 0 Å². The molecule has 2 rings (SSSR count). The van der Waals surface area contributed by atoms with Crippen LogP contribution < -0.4 is 10.5 Å². The second-order valence-electron chi connectivity index (χ2n) is 4.72. The summed E-state index contributed by atoms with van der Waals surface area (Å²) in [6, 6.07) is 3.72. The third-order valence-corrected chi connectivity index (χ3v) is 3.17. The standard InChI is InChI=1S/C14H21N3O3/c1-11-2-3-13(12(16-11)4-5-15)20-10-14(18)17-6-8-19-9-7-17/h2-3H,4-10,15H2,1H3. The van der Waals surface area contributed by atoms with Crippen LogP contribution in [0.1, 0.15) is 11.4 Å². The van der Waals surface area contributed by atoms with Gasteiger partial charge in [0.2, 0.25) is 0 Å². The lowest BCUT2D eigenvalue weighted by Gasteiger charge is -2.26. The molecule has 6 heteroatoms. The molecule has 1 fully saturated rings. The first kappa shape index (κ1) is 14.7. The zero-order valence-electron chi connectivity index (χ0n) is 11.8. The normalized spacial score (nSPS) is 15.2. The number of nitrogens with zero attached hydrogens (tertiary/aromatic N) is 2. The van der Waals surface area contributed by atoms with Gasteiger partial charge in [0.15, 0.2) is 6.61 Å². The van der Waals surface area contributed by atoms with Crippen LogP contribution >= 0.6 is 0 Å². The van der Waals surface area contributed by atoms with Crippen LogP contribution in [0.25, 0.3) is 0 Å². The molecule has 1 aromatic heterocycles. The van der Waals surface area contributed by atoms with Crippen molar-refractivity contribution in [3.05, 3.63) is 23.5 Å². The Kier molecular flexibility index (Phi) is 5.31. The van der Waals surface area contributed by atoms with Crippen molar-refractivity contribution in [1.29, 1.82) is 0 Å². The largest absolute Gasteiger partial charge is 0.482 e. The third-order valence-electron chi connectivity index (χ3n) is 3.17.